The Bertz CT molecular complexity index is 320. The zero-order valence-corrected chi connectivity index (χ0v) is 10.1. The van der Waals surface area contributed by atoms with Gasteiger partial charge >= 0.3 is 0 Å². The summed E-state index contributed by atoms with van der Waals surface area (Å²) in [6, 6.07) is 9.68. The predicted octanol–water partition coefficient (Wildman–Crippen LogP) is 2.22. The molecule has 3 heteroatoms. The van der Waals surface area contributed by atoms with Crippen molar-refractivity contribution >= 4 is 11.6 Å². The zero-order valence-electron chi connectivity index (χ0n) is 10.1. The first-order valence-corrected chi connectivity index (χ1v) is 5.36. The van der Waals surface area contributed by atoms with Gasteiger partial charge in [0.2, 0.25) is 0 Å². The van der Waals surface area contributed by atoms with Crippen LogP contribution in [-0.2, 0) is 4.79 Å². The maximum atomic E-state index is 11.2. The molecule has 1 amide bonds. The Kier molecular flexibility index (Phi) is 7.81. The fourth-order valence-corrected chi connectivity index (χ4v) is 1.28. The highest BCUT2D eigenvalue weighted by Gasteiger charge is 2.15. The number of hydrogen-bond donors (Lipinski definition) is 1. The second-order valence-electron chi connectivity index (χ2n) is 2.69. The molecule has 1 N–H and O–H groups in total. The van der Waals surface area contributed by atoms with E-state index in [2.05, 4.69) is 0 Å². The summed E-state index contributed by atoms with van der Waals surface area (Å²) in [6.45, 7) is 4.70. The number of anilines is 1. The highest BCUT2D eigenvalue weighted by molar-refractivity contribution is 6.03. The van der Waals surface area contributed by atoms with Crippen molar-refractivity contribution in [2.75, 3.05) is 18.6 Å². The molecule has 1 aromatic rings. The van der Waals surface area contributed by atoms with Gasteiger partial charge in [0, 0.05) is 25.4 Å². The van der Waals surface area contributed by atoms with E-state index in [1.54, 1.807) is 11.0 Å². The zero-order chi connectivity index (χ0) is 12.4. The summed E-state index contributed by atoms with van der Waals surface area (Å²) in [7, 11) is 1.00. The van der Waals surface area contributed by atoms with Crippen LogP contribution in [0.3, 0.4) is 0 Å². The average Bonchev–Trinajstić information content (AvgIpc) is 2.82. The van der Waals surface area contributed by atoms with Gasteiger partial charge in [-0.2, -0.15) is 0 Å². The van der Waals surface area contributed by atoms with Crippen LogP contribution in [0.1, 0.15) is 13.8 Å². The van der Waals surface area contributed by atoms with Crippen LogP contribution < -0.4 is 4.90 Å². The van der Waals surface area contributed by atoms with Gasteiger partial charge in [-0.25, -0.2) is 0 Å². The summed E-state index contributed by atoms with van der Waals surface area (Å²) < 4.78 is 0. The minimum atomic E-state index is 0.0706. The SMILES string of the molecule is CC.CO.O=C1C=CCN1c1ccccc1. The molecule has 0 radical (unpaired) electrons. The van der Waals surface area contributed by atoms with Gasteiger partial charge in [-0.3, -0.25) is 4.79 Å². The number of nitrogens with zero attached hydrogens (tertiary/aromatic N) is 1. The van der Waals surface area contributed by atoms with Crippen LogP contribution in [0.5, 0.6) is 0 Å². The van der Waals surface area contributed by atoms with Crippen LogP contribution in [-0.4, -0.2) is 24.7 Å². The molecule has 1 aliphatic rings. The van der Waals surface area contributed by atoms with E-state index in [0.29, 0.717) is 6.54 Å². The number of para-hydroxylation sites is 1. The van der Waals surface area contributed by atoms with Crippen molar-refractivity contribution in [1.29, 1.82) is 0 Å². The summed E-state index contributed by atoms with van der Waals surface area (Å²) in [4.78, 5) is 12.9. The van der Waals surface area contributed by atoms with Crippen LogP contribution in [0.2, 0.25) is 0 Å². The van der Waals surface area contributed by atoms with Gasteiger partial charge in [-0.1, -0.05) is 38.1 Å². The fourth-order valence-electron chi connectivity index (χ4n) is 1.28. The molecule has 0 spiro atoms. The Labute approximate surface area is 97.0 Å². The second-order valence-corrected chi connectivity index (χ2v) is 2.69. The molecule has 88 valence electrons. The lowest BCUT2D eigenvalue weighted by molar-refractivity contribution is -0.113. The van der Waals surface area contributed by atoms with E-state index in [1.165, 1.54) is 0 Å². The van der Waals surface area contributed by atoms with Gasteiger partial charge in [-0.15, -0.1) is 0 Å². The highest BCUT2D eigenvalue weighted by atomic mass is 16.2. The Balaban J connectivity index is 0.000000509. The summed E-state index contributed by atoms with van der Waals surface area (Å²) in [5, 5.41) is 7.00. The lowest BCUT2D eigenvalue weighted by Gasteiger charge is -2.14. The fraction of sp³-hybridized carbons (Fsp3) is 0.308. The van der Waals surface area contributed by atoms with Crippen molar-refractivity contribution in [3.05, 3.63) is 42.5 Å². The first kappa shape index (κ1) is 14.4. The topological polar surface area (TPSA) is 40.5 Å². The summed E-state index contributed by atoms with van der Waals surface area (Å²) in [5.41, 5.74) is 0.965. The number of benzene rings is 1. The monoisotopic (exact) mass is 221 g/mol. The van der Waals surface area contributed by atoms with Crippen molar-refractivity contribution < 1.29 is 9.90 Å². The lowest BCUT2D eigenvalue weighted by atomic mass is 10.3. The van der Waals surface area contributed by atoms with E-state index < -0.39 is 0 Å². The Morgan fingerprint density at radius 1 is 1.12 bits per heavy atom. The van der Waals surface area contributed by atoms with E-state index in [9.17, 15) is 4.79 Å². The van der Waals surface area contributed by atoms with Gasteiger partial charge in [0.1, 0.15) is 0 Å². The molecule has 0 aliphatic carbocycles. The van der Waals surface area contributed by atoms with Gasteiger partial charge in [0.15, 0.2) is 0 Å². The van der Waals surface area contributed by atoms with Gasteiger partial charge in [0.05, 0.1) is 0 Å². The molecule has 0 fully saturated rings. The number of carbonyl (C=O) groups excluding carboxylic acids is 1. The molecule has 3 nitrogen and oxygen atoms in total. The van der Waals surface area contributed by atoms with Crippen LogP contribution in [0, 0.1) is 0 Å². The molecule has 0 aromatic heterocycles. The maximum Gasteiger partial charge on any atom is 0.251 e. The van der Waals surface area contributed by atoms with E-state index >= 15 is 0 Å². The van der Waals surface area contributed by atoms with Crippen LogP contribution in [0.25, 0.3) is 0 Å². The maximum absolute atomic E-state index is 11.2. The quantitative estimate of drug-likeness (QED) is 0.790. The Hall–Kier alpha value is -1.61. The number of aliphatic hydroxyl groups excluding tert-OH is 1. The molecule has 1 heterocycles. The van der Waals surface area contributed by atoms with Crippen LogP contribution >= 0.6 is 0 Å². The number of carbonyl (C=O) groups is 1. The molecule has 16 heavy (non-hydrogen) atoms. The number of hydrogen-bond acceptors (Lipinski definition) is 2. The summed E-state index contributed by atoms with van der Waals surface area (Å²) in [6.07, 6.45) is 3.47. The molecule has 1 aromatic carbocycles. The second kappa shape index (κ2) is 8.68. The smallest absolute Gasteiger partial charge is 0.251 e. The van der Waals surface area contributed by atoms with Gasteiger partial charge < -0.3 is 10.0 Å². The lowest BCUT2D eigenvalue weighted by Crippen LogP contribution is -2.24. The molecule has 0 saturated heterocycles. The Morgan fingerprint density at radius 2 is 1.69 bits per heavy atom. The first-order chi connectivity index (χ1) is 7.88. The van der Waals surface area contributed by atoms with Crippen LogP contribution in [0.4, 0.5) is 5.69 Å². The number of rotatable bonds is 1. The molecule has 0 saturated carbocycles. The molecule has 1 aliphatic heterocycles. The van der Waals surface area contributed by atoms with E-state index in [0.717, 1.165) is 12.8 Å². The molecule has 0 unspecified atom stereocenters. The molecular formula is C13H19NO2. The Morgan fingerprint density at radius 3 is 2.12 bits per heavy atom. The largest absolute Gasteiger partial charge is 0.400 e. The summed E-state index contributed by atoms with van der Waals surface area (Å²) >= 11 is 0. The van der Waals surface area contributed by atoms with Crippen molar-refractivity contribution in [2.45, 2.75) is 13.8 Å². The van der Waals surface area contributed by atoms with E-state index in [4.69, 9.17) is 5.11 Å². The third-order valence-corrected chi connectivity index (χ3v) is 1.88. The first-order valence-electron chi connectivity index (χ1n) is 5.36. The number of amides is 1. The van der Waals surface area contributed by atoms with Crippen molar-refractivity contribution in [1.82, 2.24) is 0 Å². The molecule has 0 atom stereocenters. The predicted molar refractivity (Wildman–Crippen MR) is 67.4 cm³/mol. The van der Waals surface area contributed by atoms with Crippen LogP contribution in [0.15, 0.2) is 42.5 Å². The molecular weight excluding hydrogens is 202 g/mol. The highest BCUT2D eigenvalue weighted by Crippen LogP contribution is 2.16. The minimum absolute atomic E-state index is 0.0706. The third-order valence-electron chi connectivity index (χ3n) is 1.88. The van der Waals surface area contributed by atoms with Crippen molar-refractivity contribution in [2.24, 2.45) is 0 Å². The van der Waals surface area contributed by atoms with E-state index in [1.807, 2.05) is 50.3 Å². The van der Waals surface area contributed by atoms with Crippen molar-refractivity contribution in [3.63, 3.8) is 0 Å². The molecule has 2 rings (SSSR count). The molecule has 0 bridgehead atoms. The average molecular weight is 221 g/mol. The van der Waals surface area contributed by atoms with Gasteiger partial charge in [0.25, 0.3) is 5.91 Å². The normalized spacial score (nSPS) is 12.5. The standard InChI is InChI=1S/C10H9NO.C2H6.CH4O/c12-10-7-4-8-11(10)9-5-2-1-3-6-9;2*1-2/h1-7H,8H2;1-2H3;2H,1H3. The van der Waals surface area contributed by atoms with Gasteiger partial charge in [-0.05, 0) is 12.1 Å². The summed E-state index contributed by atoms with van der Waals surface area (Å²) in [5.74, 6) is 0.0706. The van der Waals surface area contributed by atoms with Crippen molar-refractivity contribution in [3.8, 4) is 0 Å². The third kappa shape index (κ3) is 3.87. The number of aliphatic hydroxyl groups is 1. The minimum Gasteiger partial charge on any atom is -0.400 e. The van der Waals surface area contributed by atoms with E-state index in [-0.39, 0.29) is 5.91 Å².